The van der Waals surface area contributed by atoms with E-state index in [0.29, 0.717) is 23.4 Å². The molecule has 0 saturated carbocycles. The van der Waals surface area contributed by atoms with Gasteiger partial charge in [-0.15, -0.1) is 11.8 Å². The monoisotopic (exact) mass is 432 g/mol. The Balaban J connectivity index is 1.33. The molecular formula is C24H21FN4OS. The quantitative estimate of drug-likeness (QED) is 0.368. The second kappa shape index (κ2) is 9.57. The first-order valence-corrected chi connectivity index (χ1v) is 10.8. The highest BCUT2D eigenvalue weighted by atomic mass is 32.2. The number of aromatic nitrogens is 3. The molecule has 31 heavy (non-hydrogen) atoms. The molecule has 2 aromatic heterocycles. The summed E-state index contributed by atoms with van der Waals surface area (Å²) in [6.45, 7) is 1.69. The molecule has 2 heterocycles. The van der Waals surface area contributed by atoms with Crippen molar-refractivity contribution in [3.8, 4) is 0 Å². The van der Waals surface area contributed by atoms with Crippen LogP contribution in [-0.4, -0.2) is 26.8 Å². The number of H-pyrrole nitrogens is 1. The number of benzene rings is 2. The highest BCUT2D eigenvalue weighted by Gasteiger charge is 2.07. The van der Waals surface area contributed by atoms with E-state index in [1.165, 1.54) is 6.07 Å². The highest BCUT2D eigenvalue weighted by Crippen LogP contribution is 2.26. The number of aryl methyl sites for hydroxylation is 1. The van der Waals surface area contributed by atoms with Crippen LogP contribution in [0.1, 0.15) is 23.4 Å². The van der Waals surface area contributed by atoms with Crippen LogP contribution in [-0.2, 0) is 4.79 Å². The molecule has 0 atom stereocenters. The van der Waals surface area contributed by atoms with Crippen LogP contribution in [0.15, 0.2) is 65.7 Å². The zero-order valence-corrected chi connectivity index (χ0v) is 17.7. The number of carbonyl (C=O) groups is 1. The Bertz CT molecular complexity index is 1240. The Morgan fingerprint density at radius 2 is 2.06 bits per heavy atom. The second-order valence-corrected chi connectivity index (χ2v) is 8.18. The van der Waals surface area contributed by atoms with E-state index in [1.807, 2.05) is 48.6 Å². The third kappa shape index (κ3) is 5.38. The van der Waals surface area contributed by atoms with Gasteiger partial charge in [0.05, 0.1) is 16.9 Å². The minimum absolute atomic E-state index is 0.139. The minimum atomic E-state index is -0.325. The lowest BCUT2D eigenvalue weighted by molar-refractivity contribution is -0.115. The van der Waals surface area contributed by atoms with Crippen molar-refractivity contribution < 1.29 is 9.18 Å². The summed E-state index contributed by atoms with van der Waals surface area (Å²) < 4.78 is 13.6. The molecule has 0 aliphatic rings. The summed E-state index contributed by atoms with van der Waals surface area (Å²) in [4.78, 5) is 17.4. The molecule has 0 fully saturated rings. The smallest absolute Gasteiger partial charge is 0.225 e. The molecule has 4 aromatic rings. The number of fused-ring (bicyclic) bond motifs is 1. The number of thioether (sulfide) groups is 1. The van der Waals surface area contributed by atoms with Gasteiger partial charge in [0.15, 0.2) is 0 Å². The van der Waals surface area contributed by atoms with Crippen LogP contribution in [0.5, 0.6) is 0 Å². The third-order valence-corrected chi connectivity index (χ3v) is 5.71. The van der Waals surface area contributed by atoms with Crippen LogP contribution >= 0.6 is 11.8 Å². The van der Waals surface area contributed by atoms with Crippen molar-refractivity contribution in [3.63, 3.8) is 0 Å². The SMILES string of the molecule is Cc1ccc(NC(=O)CCSc2ccc3c(C=Cc4ccccn4)n[nH]c3c2)cc1F. The van der Waals surface area contributed by atoms with Crippen LogP contribution in [0, 0.1) is 12.7 Å². The van der Waals surface area contributed by atoms with Crippen molar-refractivity contribution in [1.82, 2.24) is 15.2 Å². The first-order chi connectivity index (χ1) is 15.1. The molecule has 4 rings (SSSR count). The van der Waals surface area contributed by atoms with E-state index in [9.17, 15) is 9.18 Å². The number of rotatable bonds is 7. The maximum atomic E-state index is 13.6. The van der Waals surface area contributed by atoms with Gasteiger partial charge in [0.1, 0.15) is 5.82 Å². The van der Waals surface area contributed by atoms with Crippen molar-refractivity contribution in [2.45, 2.75) is 18.2 Å². The highest BCUT2D eigenvalue weighted by molar-refractivity contribution is 7.99. The maximum Gasteiger partial charge on any atom is 0.225 e. The normalized spacial score (nSPS) is 11.3. The third-order valence-electron chi connectivity index (χ3n) is 4.72. The second-order valence-electron chi connectivity index (χ2n) is 7.01. The number of hydrogen-bond acceptors (Lipinski definition) is 4. The summed E-state index contributed by atoms with van der Waals surface area (Å²) in [5, 5.41) is 11.2. The Kier molecular flexibility index (Phi) is 6.43. The maximum absolute atomic E-state index is 13.6. The van der Waals surface area contributed by atoms with Crippen LogP contribution < -0.4 is 5.32 Å². The van der Waals surface area contributed by atoms with Gasteiger partial charge in [0.25, 0.3) is 0 Å². The number of hydrogen-bond donors (Lipinski definition) is 2. The van der Waals surface area contributed by atoms with Crippen molar-refractivity contribution in [3.05, 3.63) is 83.6 Å². The van der Waals surface area contributed by atoms with Gasteiger partial charge in [-0.1, -0.05) is 12.1 Å². The van der Waals surface area contributed by atoms with Gasteiger partial charge in [-0.2, -0.15) is 5.10 Å². The van der Waals surface area contributed by atoms with E-state index >= 15 is 0 Å². The van der Waals surface area contributed by atoms with E-state index in [2.05, 4.69) is 20.5 Å². The molecule has 156 valence electrons. The Morgan fingerprint density at radius 1 is 1.16 bits per heavy atom. The average Bonchev–Trinajstić information content (AvgIpc) is 3.18. The van der Waals surface area contributed by atoms with Crippen LogP contribution in [0.3, 0.4) is 0 Å². The lowest BCUT2D eigenvalue weighted by Crippen LogP contribution is -2.12. The molecule has 1 amide bonds. The van der Waals surface area contributed by atoms with Gasteiger partial charge < -0.3 is 5.32 Å². The molecule has 0 radical (unpaired) electrons. The molecule has 0 unspecified atom stereocenters. The Hall–Kier alpha value is -3.45. The molecule has 0 saturated heterocycles. The van der Waals surface area contributed by atoms with Crippen molar-refractivity contribution in [1.29, 1.82) is 0 Å². The summed E-state index contributed by atoms with van der Waals surface area (Å²) in [5.74, 6) is 0.154. The standard InChI is InChI=1S/C24H21FN4OS/c1-16-5-6-18(14-21(16)25)27-24(30)11-13-31-19-8-9-20-22(28-29-23(20)15-19)10-7-17-4-2-3-12-26-17/h2-10,12,14-15H,11,13H2,1H3,(H,27,30)(H,28,29). The van der Waals surface area contributed by atoms with E-state index < -0.39 is 0 Å². The Labute approximate surface area is 183 Å². The molecule has 0 aliphatic carbocycles. The predicted octanol–water partition coefficient (Wildman–Crippen LogP) is 5.70. The summed E-state index contributed by atoms with van der Waals surface area (Å²) >= 11 is 1.59. The predicted molar refractivity (Wildman–Crippen MR) is 124 cm³/mol. The molecule has 2 N–H and O–H groups in total. The molecular weight excluding hydrogens is 411 g/mol. The number of aromatic amines is 1. The van der Waals surface area contributed by atoms with Crippen LogP contribution in [0.25, 0.3) is 23.1 Å². The largest absolute Gasteiger partial charge is 0.326 e. The van der Waals surface area contributed by atoms with Crippen molar-refractivity contribution in [2.75, 3.05) is 11.1 Å². The van der Waals surface area contributed by atoms with Gasteiger partial charge in [-0.05, 0) is 67.1 Å². The molecule has 0 spiro atoms. The van der Waals surface area contributed by atoms with Crippen LogP contribution in [0.4, 0.5) is 10.1 Å². The molecule has 0 aliphatic heterocycles. The fourth-order valence-corrected chi connectivity index (χ4v) is 3.92. The van der Waals surface area contributed by atoms with Crippen LogP contribution in [0.2, 0.25) is 0 Å². The van der Waals surface area contributed by atoms with E-state index in [-0.39, 0.29) is 11.7 Å². The zero-order chi connectivity index (χ0) is 21.6. The number of halogens is 1. The molecule has 7 heteroatoms. The molecule has 5 nitrogen and oxygen atoms in total. The van der Waals surface area contributed by atoms with Gasteiger partial charge >= 0.3 is 0 Å². The molecule has 0 bridgehead atoms. The Morgan fingerprint density at radius 3 is 2.87 bits per heavy atom. The number of pyridine rings is 1. The van der Waals surface area contributed by atoms with E-state index in [4.69, 9.17) is 0 Å². The summed E-state index contributed by atoms with van der Waals surface area (Å²) in [7, 11) is 0. The first kappa shape index (κ1) is 20.8. The van der Waals surface area contributed by atoms with Gasteiger partial charge in [0.2, 0.25) is 5.91 Å². The lowest BCUT2D eigenvalue weighted by Gasteiger charge is -2.06. The summed E-state index contributed by atoms with van der Waals surface area (Å²) in [5.41, 5.74) is 3.69. The topological polar surface area (TPSA) is 70.7 Å². The van der Waals surface area contributed by atoms with Gasteiger partial charge in [0, 0.05) is 34.3 Å². The van der Waals surface area contributed by atoms with Gasteiger partial charge in [-0.3, -0.25) is 14.9 Å². The van der Waals surface area contributed by atoms with Crippen molar-refractivity contribution in [2.24, 2.45) is 0 Å². The fourth-order valence-electron chi connectivity index (χ4n) is 3.03. The summed E-state index contributed by atoms with van der Waals surface area (Å²) in [6, 6.07) is 16.5. The zero-order valence-electron chi connectivity index (χ0n) is 16.9. The minimum Gasteiger partial charge on any atom is -0.326 e. The number of nitrogens with zero attached hydrogens (tertiary/aromatic N) is 2. The molecule has 2 aromatic carbocycles. The van der Waals surface area contributed by atoms with Gasteiger partial charge in [-0.25, -0.2) is 4.39 Å². The fraction of sp³-hybridized carbons (Fsp3) is 0.125. The average molecular weight is 433 g/mol. The number of carbonyl (C=O) groups excluding carboxylic acids is 1. The van der Waals surface area contributed by atoms with Crippen molar-refractivity contribution >= 4 is 46.4 Å². The summed E-state index contributed by atoms with van der Waals surface area (Å²) in [6.07, 6.45) is 5.95. The number of anilines is 1. The number of nitrogens with one attached hydrogen (secondary N) is 2. The first-order valence-electron chi connectivity index (χ1n) is 9.84. The lowest BCUT2D eigenvalue weighted by atomic mass is 10.2. The van der Waals surface area contributed by atoms with E-state index in [1.54, 1.807) is 37.0 Å². The van der Waals surface area contributed by atoms with E-state index in [0.717, 1.165) is 27.2 Å². The number of amides is 1.